The normalized spacial score (nSPS) is 16.4. The fourth-order valence-electron chi connectivity index (χ4n) is 2.73. The minimum atomic E-state index is 0.455. The number of hydrogen-bond donors (Lipinski definition) is 2. The molecule has 4 heteroatoms. The van der Waals surface area contributed by atoms with Gasteiger partial charge in [-0.2, -0.15) is 0 Å². The molecule has 1 unspecified atom stereocenters. The van der Waals surface area contributed by atoms with E-state index in [1.807, 2.05) is 18.3 Å². The molecule has 1 aliphatic rings. The van der Waals surface area contributed by atoms with Crippen molar-refractivity contribution in [3.8, 4) is 0 Å². The molecule has 0 spiro atoms. The summed E-state index contributed by atoms with van der Waals surface area (Å²) in [4.78, 5) is 9.19. The number of anilines is 1. The summed E-state index contributed by atoms with van der Waals surface area (Å²) in [6.45, 7) is 1.99. The third kappa shape index (κ3) is 2.20. The molecule has 1 aliphatic carbocycles. The standard InChI is InChI=1S/C16H17N3S/c1-10-17-13-7-6-12(9-14(13)18-10)19-16(11-4-5-11)15-3-2-8-20-15/h2-3,6-9,11,16,19H,4-5H2,1H3,(H,17,18). The highest BCUT2D eigenvalue weighted by Gasteiger charge is 2.32. The van der Waals surface area contributed by atoms with Gasteiger partial charge in [0.25, 0.3) is 0 Å². The van der Waals surface area contributed by atoms with Gasteiger partial charge in [-0.05, 0) is 55.3 Å². The molecule has 3 nitrogen and oxygen atoms in total. The van der Waals surface area contributed by atoms with E-state index in [0.29, 0.717) is 6.04 Å². The van der Waals surface area contributed by atoms with Crippen molar-refractivity contribution in [3.63, 3.8) is 0 Å². The van der Waals surface area contributed by atoms with Crippen LogP contribution in [0.2, 0.25) is 0 Å². The summed E-state index contributed by atoms with van der Waals surface area (Å²) in [5, 5.41) is 5.87. The second-order valence-electron chi connectivity index (χ2n) is 5.53. The summed E-state index contributed by atoms with van der Waals surface area (Å²) >= 11 is 1.84. The van der Waals surface area contributed by atoms with E-state index in [9.17, 15) is 0 Å². The van der Waals surface area contributed by atoms with Gasteiger partial charge < -0.3 is 10.3 Å². The van der Waals surface area contributed by atoms with Gasteiger partial charge in [0.05, 0.1) is 17.1 Å². The van der Waals surface area contributed by atoms with Gasteiger partial charge in [-0.25, -0.2) is 4.98 Å². The second-order valence-corrected chi connectivity index (χ2v) is 6.51. The van der Waals surface area contributed by atoms with E-state index in [4.69, 9.17) is 0 Å². The Morgan fingerprint density at radius 2 is 2.25 bits per heavy atom. The first kappa shape index (κ1) is 12.0. The van der Waals surface area contributed by atoms with Gasteiger partial charge in [-0.1, -0.05) is 6.07 Å². The van der Waals surface area contributed by atoms with Gasteiger partial charge in [0, 0.05) is 10.6 Å². The topological polar surface area (TPSA) is 40.7 Å². The van der Waals surface area contributed by atoms with Crippen LogP contribution in [0.5, 0.6) is 0 Å². The zero-order valence-corrected chi connectivity index (χ0v) is 12.2. The Labute approximate surface area is 122 Å². The monoisotopic (exact) mass is 283 g/mol. The average Bonchev–Trinajstić information content (AvgIpc) is 2.98. The molecule has 2 N–H and O–H groups in total. The van der Waals surface area contributed by atoms with E-state index in [0.717, 1.165) is 22.8 Å². The highest BCUT2D eigenvalue weighted by molar-refractivity contribution is 7.10. The number of H-pyrrole nitrogens is 1. The molecule has 3 aromatic rings. The Morgan fingerprint density at radius 1 is 1.35 bits per heavy atom. The number of benzene rings is 1. The van der Waals surface area contributed by atoms with Crippen LogP contribution in [-0.2, 0) is 0 Å². The highest BCUT2D eigenvalue weighted by atomic mass is 32.1. The van der Waals surface area contributed by atoms with E-state index in [-0.39, 0.29) is 0 Å². The number of fused-ring (bicyclic) bond motifs is 1. The minimum Gasteiger partial charge on any atom is -0.377 e. The van der Waals surface area contributed by atoms with Gasteiger partial charge in [0.1, 0.15) is 5.82 Å². The summed E-state index contributed by atoms with van der Waals surface area (Å²) < 4.78 is 0. The van der Waals surface area contributed by atoms with Crippen molar-refractivity contribution in [2.24, 2.45) is 5.92 Å². The predicted octanol–water partition coefficient (Wildman–Crippen LogP) is 4.50. The third-order valence-corrected chi connectivity index (χ3v) is 4.82. The quantitative estimate of drug-likeness (QED) is 0.740. The molecule has 2 aromatic heterocycles. The second kappa shape index (κ2) is 4.63. The molecule has 20 heavy (non-hydrogen) atoms. The van der Waals surface area contributed by atoms with Crippen molar-refractivity contribution in [1.82, 2.24) is 9.97 Å². The molecule has 1 atom stereocenters. The summed E-state index contributed by atoms with van der Waals surface area (Å²) in [5.41, 5.74) is 3.31. The lowest BCUT2D eigenvalue weighted by molar-refractivity contribution is 0.691. The maximum Gasteiger partial charge on any atom is 0.104 e. The van der Waals surface area contributed by atoms with Crippen LogP contribution in [0.3, 0.4) is 0 Å². The van der Waals surface area contributed by atoms with Crippen molar-refractivity contribution in [3.05, 3.63) is 46.4 Å². The molecule has 4 rings (SSSR count). The Bertz CT molecular complexity index is 725. The van der Waals surface area contributed by atoms with Crippen molar-refractivity contribution < 1.29 is 0 Å². The Morgan fingerprint density at radius 3 is 3.00 bits per heavy atom. The number of imidazole rings is 1. The molecular formula is C16H17N3S. The van der Waals surface area contributed by atoms with E-state index >= 15 is 0 Å². The molecule has 0 radical (unpaired) electrons. The number of thiophene rings is 1. The number of aromatic amines is 1. The SMILES string of the molecule is Cc1nc2ccc(NC(c3cccs3)C3CC3)cc2[nH]1. The molecule has 0 bridgehead atoms. The maximum absolute atomic E-state index is 4.45. The van der Waals surface area contributed by atoms with Crippen LogP contribution in [0, 0.1) is 12.8 Å². The number of nitrogens with zero attached hydrogens (tertiary/aromatic N) is 1. The first-order chi connectivity index (χ1) is 9.79. The van der Waals surface area contributed by atoms with E-state index in [2.05, 4.69) is 51.0 Å². The zero-order valence-electron chi connectivity index (χ0n) is 11.4. The Balaban J connectivity index is 1.64. The van der Waals surface area contributed by atoms with Gasteiger partial charge >= 0.3 is 0 Å². The zero-order chi connectivity index (χ0) is 13.5. The largest absolute Gasteiger partial charge is 0.377 e. The van der Waals surface area contributed by atoms with Crippen LogP contribution in [-0.4, -0.2) is 9.97 Å². The fourth-order valence-corrected chi connectivity index (χ4v) is 3.59. The smallest absolute Gasteiger partial charge is 0.104 e. The van der Waals surface area contributed by atoms with Gasteiger partial charge in [-0.3, -0.25) is 0 Å². The van der Waals surface area contributed by atoms with E-state index in [1.165, 1.54) is 23.4 Å². The predicted molar refractivity (Wildman–Crippen MR) is 84.2 cm³/mol. The van der Waals surface area contributed by atoms with Crippen LogP contribution in [0.1, 0.15) is 29.6 Å². The molecular weight excluding hydrogens is 266 g/mol. The molecule has 102 valence electrons. The van der Waals surface area contributed by atoms with Crippen molar-refractivity contribution >= 4 is 28.1 Å². The summed E-state index contributed by atoms with van der Waals surface area (Å²) in [7, 11) is 0. The third-order valence-electron chi connectivity index (χ3n) is 3.87. The lowest BCUT2D eigenvalue weighted by Gasteiger charge is -2.18. The molecule has 0 amide bonds. The molecule has 0 aliphatic heterocycles. The van der Waals surface area contributed by atoms with E-state index < -0.39 is 0 Å². The van der Waals surface area contributed by atoms with Gasteiger partial charge in [0.2, 0.25) is 0 Å². The molecule has 0 saturated heterocycles. The first-order valence-electron chi connectivity index (χ1n) is 7.06. The molecule has 1 saturated carbocycles. The van der Waals surface area contributed by atoms with E-state index in [1.54, 1.807) is 0 Å². The summed E-state index contributed by atoms with van der Waals surface area (Å²) in [6.07, 6.45) is 2.67. The van der Waals surface area contributed by atoms with Gasteiger partial charge in [-0.15, -0.1) is 11.3 Å². The van der Waals surface area contributed by atoms with Gasteiger partial charge in [0.15, 0.2) is 0 Å². The number of aryl methyl sites for hydroxylation is 1. The van der Waals surface area contributed by atoms with Crippen LogP contribution in [0.25, 0.3) is 11.0 Å². The fraction of sp³-hybridized carbons (Fsp3) is 0.312. The summed E-state index contributed by atoms with van der Waals surface area (Å²) in [5.74, 6) is 1.75. The Kier molecular flexibility index (Phi) is 2.77. The van der Waals surface area contributed by atoms with Crippen molar-refractivity contribution in [1.29, 1.82) is 0 Å². The highest BCUT2D eigenvalue weighted by Crippen LogP contribution is 2.44. The van der Waals surface area contributed by atoms with Crippen molar-refractivity contribution in [2.45, 2.75) is 25.8 Å². The molecule has 1 fully saturated rings. The number of rotatable bonds is 4. The summed E-state index contributed by atoms with van der Waals surface area (Å²) in [6, 6.07) is 11.2. The molecule has 1 aromatic carbocycles. The Hall–Kier alpha value is -1.81. The van der Waals surface area contributed by atoms with Crippen LogP contribution < -0.4 is 5.32 Å². The van der Waals surface area contributed by atoms with Crippen LogP contribution in [0.4, 0.5) is 5.69 Å². The van der Waals surface area contributed by atoms with Crippen LogP contribution in [0.15, 0.2) is 35.7 Å². The first-order valence-corrected chi connectivity index (χ1v) is 7.94. The van der Waals surface area contributed by atoms with Crippen molar-refractivity contribution in [2.75, 3.05) is 5.32 Å². The minimum absolute atomic E-state index is 0.455. The average molecular weight is 283 g/mol. The lowest BCUT2D eigenvalue weighted by Crippen LogP contribution is -2.11. The number of nitrogens with one attached hydrogen (secondary N) is 2. The van der Waals surface area contributed by atoms with Crippen LogP contribution >= 0.6 is 11.3 Å². The number of hydrogen-bond acceptors (Lipinski definition) is 3. The number of aromatic nitrogens is 2. The lowest BCUT2D eigenvalue weighted by atomic mass is 10.1. The maximum atomic E-state index is 4.45. The molecule has 2 heterocycles.